The molecule has 0 fully saturated rings. The van der Waals surface area contributed by atoms with E-state index in [2.05, 4.69) is 36.0 Å². The van der Waals surface area contributed by atoms with Crippen LogP contribution in [0, 0.1) is 0 Å². The van der Waals surface area contributed by atoms with Gasteiger partial charge in [-0.05, 0) is 51.5 Å². The number of hydrogen-bond donors (Lipinski definition) is 2. The Hall–Kier alpha value is -1.33. The molecular formula is C15H24ClN3O2. The van der Waals surface area contributed by atoms with Crippen molar-refractivity contribution in [2.24, 2.45) is 0 Å². The lowest BCUT2D eigenvalue weighted by molar-refractivity contribution is 0.0691. The van der Waals surface area contributed by atoms with Gasteiger partial charge in [0.25, 0.3) is 0 Å². The Morgan fingerprint density at radius 3 is 2.67 bits per heavy atom. The lowest BCUT2D eigenvalue weighted by Crippen LogP contribution is -2.25. The van der Waals surface area contributed by atoms with Gasteiger partial charge in [-0.25, -0.2) is 9.78 Å². The Balaban J connectivity index is 2.49. The van der Waals surface area contributed by atoms with Crippen LogP contribution in [0.2, 0.25) is 5.02 Å². The number of aromatic nitrogens is 1. The van der Waals surface area contributed by atoms with E-state index in [1.807, 2.05) is 0 Å². The maximum absolute atomic E-state index is 11.0. The topological polar surface area (TPSA) is 65.5 Å². The summed E-state index contributed by atoms with van der Waals surface area (Å²) in [6.07, 6.45) is 2.10. The monoisotopic (exact) mass is 313 g/mol. The number of carbonyl (C=O) groups is 1. The van der Waals surface area contributed by atoms with Gasteiger partial charge in [0.15, 0.2) is 5.69 Å². The van der Waals surface area contributed by atoms with Crippen molar-refractivity contribution in [1.82, 2.24) is 9.88 Å². The maximum atomic E-state index is 11.0. The van der Waals surface area contributed by atoms with Crippen LogP contribution >= 0.6 is 11.6 Å². The molecule has 0 bridgehead atoms. The second-order valence-electron chi connectivity index (χ2n) is 5.05. The third-order valence-corrected chi connectivity index (χ3v) is 3.75. The smallest absolute Gasteiger partial charge is 0.356 e. The molecule has 0 spiro atoms. The molecule has 0 saturated carbocycles. The highest BCUT2D eigenvalue weighted by Crippen LogP contribution is 2.17. The molecule has 1 aromatic heterocycles. The summed E-state index contributed by atoms with van der Waals surface area (Å²) in [6, 6.07) is 3.49. The van der Waals surface area contributed by atoms with Crippen LogP contribution in [-0.2, 0) is 0 Å². The van der Waals surface area contributed by atoms with Crippen LogP contribution in [0.25, 0.3) is 0 Å². The number of nitrogens with one attached hydrogen (secondary N) is 1. The number of anilines is 1. The summed E-state index contributed by atoms with van der Waals surface area (Å²) in [6.45, 7) is 9.61. The molecule has 1 rings (SSSR count). The SMILES string of the molecule is CCN(CC)CCCC(C)Nc1ccc(Cl)c(C(=O)O)n1. The first-order valence-electron chi connectivity index (χ1n) is 7.36. The number of halogens is 1. The molecule has 118 valence electrons. The van der Waals surface area contributed by atoms with Gasteiger partial charge >= 0.3 is 5.97 Å². The zero-order valence-corrected chi connectivity index (χ0v) is 13.7. The molecular weight excluding hydrogens is 290 g/mol. The fourth-order valence-electron chi connectivity index (χ4n) is 2.16. The fraction of sp³-hybridized carbons (Fsp3) is 0.600. The van der Waals surface area contributed by atoms with E-state index in [9.17, 15) is 4.79 Å². The Labute approximate surface area is 131 Å². The minimum absolute atomic E-state index is 0.114. The molecule has 0 saturated heterocycles. The van der Waals surface area contributed by atoms with E-state index in [0.717, 1.165) is 32.5 Å². The van der Waals surface area contributed by atoms with Crippen molar-refractivity contribution in [3.8, 4) is 0 Å². The number of hydrogen-bond acceptors (Lipinski definition) is 4. The van der Waals surface area contributed by atoms with Gasteiger partial charge in [-0.3, -0.25) is 0 Å². The Kier molecular flexibility index (Phi) is 7.47. The van der Waals surface area contributed by atoms with Crippen LogP contribution in [-0.4, -0.2) is 46.6 Å². The number of nitrogens with zero attached hydrogens (tertiary/aromatic N) is 2. The molecule has 0 radical (unpaired) electrons. The van der Waals surface area contributed by atoms with Gasteiger partial charge in [-0.2, -0.15) is 0 Å². The zero-order chi connectivity index (χ0) is 15.8. The number of pyridine rings is 1. The van der Waals surface area contributed by atoms with Gasteiger partial charge in [0.05, 0.1) is 5.02 Å². The van der Waals surface area contributed by atoms with Crippen LogP contribution in [0.1, 0.15) is 44.1 Å². The van der Waals surface area contributed by atoms with Gasteiger partial charge < -0.3 is 15.3 Å². The highest BCUT2D eigenvalue weighted by molar-refractivity contribution is 6.33. The van der Waals surface area contributed by atoms with Gasteiger partial charge in [-0.1, -0.05) is 25.4 Å². The molecule has 1 heterocycles. The molecule has 1 unspecified atom stereocenters. The first-order chi connectivity index (χ1) is 9.97. The predicted octanol–water partition coefficient (Wildman–Crippen LogP) is 3.36. The molecule has 21 heavy (non-hydrogen) atoms. The molecule has 0 aromatic carbocycles. The van der Waals surface area contributed by atoms with Crippen molar-refractivity contribution in [2.75, 3.05) is 25.0 Å². The maximum Gasteiger partial charge on any atom is 0.356 e. The fourth-order valence-corrected chi connectivity index (χ4v) is 2.34. The Morgan fingerprint density at radius 2 is 2.10 bits per heavy atom. The summed E-state index contributed by atoms with van der Waals surface area (Å²) in [7, 11) is 0. The Morgan fingerprint density at radius 1 is 1.43 bits per heavy atom. The third kappa shape index (κ3) is 5.89. The van der Waals surface area contributed by atoms with E-state index in [-0.39, 0.29) is 16.8 Å². The Bertz CT molecular complexity index is 464. The average Bonchev–Trinajstić information content (AvgIpc) is 2.45. The van der Waals surface area contributed by atoms with E-state index < -0.39 is 5.97 Å². The van der Waals surface area contributed by atoms with Crippen LogP contribution in [0.4, 0.5) is 5.82 Å². The average molecular weight is 314 g/mol. The van der Waals surface area contributed by atoms with Gasteiger partial charge in [-0.15, -0.1) is 0 Å². The van der Waals surface area contributed by atoms with Gasteiger partial charge in [0, 0.05) is 6.04 Å². The molecule has 2 N–H and O–H groups in total. The van der Waals surface area contributed by atoms with E-state index in [1.165, 1.54) is 0 Å². The molecule has 0 aliphatic carbocycles. The lowest BCUT2D eigenvalue weighted by Gasteiger charge is -2.20. The highest BCUT2D eigenvalue weighted by Gasteiger charge is 2.12. The van der Waals surface area contributed by atoms with Crippen molar-refractivity contribution in [2.45, 2.75) is 39.7 Å². The molecule has 0 amide bonds. The molecule has 1 aromatic rings. The summed E-state index contributed by atoms with van der Waals surface area (Å²) >= 11 is 5.80. The number of rotatable bonds is 9. The molecule has 6 heteroatoms. The number of carboxylic acids is 1. The zero-order valence-electron chi connectivity index (χ0n) is 12.9. The summed E-state index contributed by atoms with van der Waals surface area (Å²) in [5.74, 6) is -0.565. The minimum atomic E-state index is -1.11. The van der Waals surface area contributed by atoms with Crippen LogP contribution < -0.4 is 5.32 Å². The standard InChI is InChI=1S/C15H24ClN3O2/c1-4-19(5-2)10-6-7-11(3)17-13-9-8-12(16)14(18-13)15(20)21/h8-9,11H,4-7,10H2,1-3H3,(H,17,18)(H,20,21). The largest absolute Gasteiger partial charge is 0.476 e. The lowest BCUT2D eigenvalue weighted by atomic mass is 10.1. The summed E-state index contributed by atoms with van der Waals surface area (Å²) in [5.41, 5.74) is -0.114. The summed E-state index contributed by atoms with van der Waals surface area (Å²) in [4.78, 5) is 17.4. The van der Waals surface area contributed by atoms with E-state index in [0.29, 0.717) is 5.82 Å². The van der Waals surface area contributed by atoms with Crippen molar-refractivity contribution < 1.29 is 9.90 Å². The van der Waals surface area contributed by atoms with Crippen LogP contribution in [0.3, 0.4) is 0 Å². The normalized spacial score (nSPS) is 12.4. The molecule has 5 nitrogen and oxygen atoms in total. The van der Waals surface area contributed by atoms with Gasteiger partial charge in [0.2, 0.25) is 0 Å². The second kappa shape index (κ2) is 8.85. The van der Waals surface area contributed by atoms with Crippen molar-refractivity contribution in [1.29, 1.82) is 0 Å². The second-order valence-corrected chi connectivity index (χ2v) is 5.45. The van der Waals surface area contributed by atoms with Crippen LogP contribution in [0.5, 0.6) is 0 Å². The van der Waals surface area contributed by atoms with Gasteiger partial charge in [0.1, 0.15) is 5.82 Å². The molecule has 1 atom stereocenters. The summed E-state index contributed by atoms with van der Waals surface area (Å²) in [5, 5.41) is 12.4. The van der Waals surface area contributed by atoms with Crippen molar-refractivity contribution in [3.05, 3.63) is 22.8 Å². The van der Waals surface area contributed by atoms with E-state index in [4.69, 9.17) is 16.7 Å². The third-order valence-electron chi connectivity index (χ3n) is 3.45. The molecule has 0 aliphatic heterocycles. The first kappa shape index (κ1) is 17.7. The highest BCUT2D eigenvalue weighted by atomic mass is 35.5. The van der Waals surface area contributed by atoms with E-state index >= 15 is 0 Å². The number of aromatic carboxylic acids is 1. The number of carboxylic acid groups (broad SMARTS) is 1. The van der Waals surface area contributed by atoms with Crippen LogP contribution in [0.15, 0.2) is 12.1 Å². The predicted molar refractivity (Wildman–Crippen MR) is 86.3 cm³/mol. The minimum Gasteiger partial charge on any atom is -0.476 e. The molecule has 0 aliphatic rings. The van der Waals surface area contributed by atoms with Crippen molar-refractivity contribution in [3.63, 3.8) is 0 Å². The quantitative estimate of drug-likeness (QED) is 0.732. The van der Waals surface area contributed by atoms with Crippen molar-refractivity contribution >= 4 is 23.4 Å². The van der Waals surface area contributed by atoms with E-state index in [1.54, 1.807) is 12.1 Å². The first-order valence-corrected chi connectivity index (χ1v) is 7.74. The summed E-state index contributed by atoms with van der Waals surface area (Å²) < 4.78 is 0.